The normalized spacial score (nSPS) is 11.4. The van der Waals surface area contributed by atoms with Crippen molar-refractivity contribution < 1.29 is 21.8 Å². The van der Waals surface area contributed by atoms with Crippen molar-refractivity contribution in [3.8, 4) is 0 Å². The van der Waals surface area contributed by atoms with Crippen LogP contribution in [0.4, 0.5) is 11.4 Å². The van der Waals surface area contributed by atoms with Crippen molar-refractivity contribution in [3.63, 3.8) is 0 Å². The van der Waals surface area contributed by atoms with Crippen molar-refractivity contribution in [2.75, 3.05) is 30.0 Å². The van der Waals surface area contributed by atoms with Crippen LogP contribution in [0.25, 0.3) is 5.57 Å². The summed E-state index contributed by atoms with van der Waals surface area (Å²) in [6.45, 7) is 5.85. The highest BCUT2D eigenvalue weighted by molar-refractivity contribution is 8.22. The largest absolute Gasteiger partial charge is 1.00 e. The zero-order valence-corrected chi connectivity index (χ0v) is 27.7. The molecule has 1 amide bonds. The molecule has 1 heterocycles. The van der Waals surface area contributed by atoms with Crippen molar-refractivity contribution in [1.29, 1.82) is 0 Å². The monoisotopic (exact) mass is 655 g/mol. The van der Waals surface area contributed by atoms with Crippen molar-refractivity contribution in [2.45, 2.75) is 52.5 Å². The third-order valence-electron chi connectivity index (χ3n) is 6.56. The highest BCUT2D eigenvalue weighted by Crippen LogP contribution is 2.50. The number of nitrogens with zero attached hydrogens (tertiary/aromatic N) is 1. The third kappa shape index (κ3) is 10.2. The smallest absolute Gasteiger partial charge is 0.233 e. The lowest BCUT2D eigenvalue weighted by Crippen LogP contribution is -3.00. The minimum Gasteiger partial charge on any atom is -1.00 e. The topological polar surface area (TPSA) is 70.4 Å². The van der Waals surface area contributed by atoms with Gasteiger partial charge in [-0.05, 0) is 62.1 Å². The Kier molecular flexibility index (Phi) is 16.9. The Balaban J connectivity index is 0.00000192. The first-order valence-electron chi connectivity index (χ1n) is 14.4. The summed E-state index contributed by atoms with van der Waals surface area (Å²) >= 11 is 3.94. The third-order valence-corrected chi connectivity index (χ3v) is 9.19. The molecule has 3 aromatic carbocycles. The van der Waals surface area contributed by atoms with Crippen LogP contribution < -0.4 is 38.5 Å². The SMILES string of the molecule is CC.CNCCCSC(SCCCCCC(=O)NN)=C1c2ccccc2N(Cc2ccccc2)c2ccccc21.[Br-]. The molecular formula is C33H44BrN4OS2-. The van der Waals surface area contributed by atoms with E-state index in [0.717, 1.165) is 50.3 Å². The van der Waals surface area contributed by atoms with Gasteiger partial charge in [-0.3, -0.25) is 10.2 Å². The molecule has 1 aliphatic heterocycles. The predicted molar refractivity (Wildman–Crippen MR) is 177 cm³/mol. The zero-order chi connectivity index (χ0) is 28.6. The van der Waals surface area contributed by atoms with E-state index in [0.29, 0.717) is 6.42 Å². The minimum atomic E-state index is -0.0870. The van der Waals surface area contributed by atoms with Gasteiger partial charge in [0.25, 0.3) is 0 Å². The minimum absolute atomic E-state index is 0. The van der Waals surface area contributed by atoms with Gasteiger partial charge in [0.2, 0.25) is 5.91 Å². The maximum atomic E-state index is 11.4. The summed E-state index contributed by atoms with van der Waals surface area (Å²) in [5.74, 6) is 7.23. The van der Waals surface area contributed by atoms with Crippen LogP contribution in [-0.2, 0) is 11.3 Å². The molecule has 222 valence electrons. The van der Waals surface area contributed by atoms with E-state index < -0.39 is 0 Å². The number of fused-ring (bicyclic) bond motifs is 2. The maximum Gasteiger partial charge on any atom is 0.233 e. The van der Waals surface area contributed by atoms with Crippen LogP contribution in [0.2, 0.25) is 0 Å². The second kappa shape index (κ2) is 19.8. The molecule has 0 saturated carbocycles. The fourth-order valence-corrected chi connectivity index (χ4v) is 7.24. The summed E-state index contributed by atoms with van der Waals surface area (Å²) in [6, 6.07) is 28.4. The van der Waals surface area contributed by atoms with Crippen LogP contribution in [0.15, 0.2) is 83.1 Å². The Morgan fingerprint density at radius 3 is 1.93 bits per heavy atom. The number of carbonyl (C=O) groups is 1. The number of benzene rings is 3. The summed E-state index contributed by atoms with van der Waals surface area (Å²) in [6.07, 6.45) is 4.57. The van der Waals surface area contributed by atoms with Gasteiger partial charge in [0.15, 0.2) is 0 Å². The second-order valence-electron chi connectivity index (χ2n) is 9.30. The van der Waals surface area contributed by atoms with Gasteiger partial charge in [-0.15, -0.1) is 23.5 Å². The molecule has 0 atom stereocenters. The van der Waals surface area contributed by atoms with Crippen LogP contribution in [-0.4, -0.2) is 31.0 Å². The van der Waals surface area contributed by atoms with Gasteiger partial charge in [0.05, 0.1) is 0 Å². The molecule has 41 heavy (non-hydrogen) atoms. The Hall–Kier alpha value is -2.23. The van der Waals surface area contributed by atoms with E-state index in [4.69, 9.17) is 5.84 Å². The predicted octanol–water partition coefficient (Wildman–Crippen LogP) is 4.71. The molecule has 4 rings (SSSR count). The molecule has 0 unspecified atom stereocenters. The first kappa shape index (κ1) is 35.0. The van der Waals surface area contributed by atoms with Gasteiger partial charge in [0.1, 0.15) is 0 Å². The fraction of sp³-hybridized carbons (Fsp3) is 0.364. The molecular weight excluding hydrogens is 612 g/mol. The van der Waals surface area contributed by atoms with Gasteiger partial charge in [-0.25, -0.2) is 5.84 Å². The van der Waals surface area contributed by atoms with E-state index in [9.17, 15) is 4.79 Å². The summed E-state index contributed by atoms with van der Waals surface area (Å²) < 4.78 is 1.39. The lowest BCUT2D eigenvalue weighted by molar-refractivity contribution is -0.121. The summed E-state index contributed by atoms with van der Waals surface area (Å²) in [5, 5.41) is 3.28. The molecule has 8 heteroatoms. The Morgan fingerprint density at radius 1 is 0.780 bits per heavy atom. The Labute approximate surface area is 265 Å². The average Bonchev–Trinajstić information content (AvgIpc) is 3.01. The maximum absolute atomic E-state index is 11.4. The van der Waals surface area contributed by atoms with E-state index in [1.54, 1.807) is 0 Å². The lowest BCUT2D eigenvalue weighted by atomic mass is 9.91. The number of thioether (sulfide) groups is 2. The molecule has 1 aliphatic rings. The number of carbonyl (C=O) groups excluding carboxylic acids is 1. The highest BCUT2D eigenvalue weighted by Gasteiger charge is 2.28. The molecule has 0 radical (unpaired) electrons. The van der Waals surface area contributed by atoms with Gasteiger partial charge in [-0.1, -0.05) is 87.0 Å². The van der Waals surface area contributed by atoms with Crippen LogP contribution in [0, 0.1) is 0 Å². The van der Waals surface area contributed by atoms with E-state index in [1.165, 1.54) is 37.9 Å². The quantitative estimate of drug-likeness (QED) is 0.101. The summed E-state index contributed by atoms with van der Waals surface area (Å²) in [7, 11) is 2.01. The van der Waals surface area contributed by atoms with E-state index in [-0.39, 0.29) is 22.9 Å². The van der Waals surface area contributed by atoms with Gasteiger partial charge in [0, 0.05) is 45.3 Å². The van der Waals surface area contributed by atoms with E-state index in [1.807, 2.05) is 44.4 Å². The molecule has 4 N–H and O–H groups in total. The number of halogens is 1. The first-order valence-corrected chi connectivity index (χ1v) is 16.3. The zero-order valence-electron chi connectivity index (χ0n) is 24.5. The molecule has 5 nitrogen and oxygen atoms in total. The number of hydrazine groups is 1. The first-order chi connectivity index (χ1) is 19.7. The van der Waals surface area contributed by atoms with Crippen LogP contribution in [0.5, 0.6) is 0 Å². The molecule has 0 saturated heterocycles. The van der Waals surface area contributed by atoms with Crippen molar-refractivity contribution in [2.24, 2.45) is 5.84 Å². The molecule has 0 spiro atoms. The van der Waals surface area contributed by atoms with Crippen LogP contribution in [0.3, 0.4) is 0 Å². The fourth-order valence-electron chi connectivity index (χ4n) is 4.67. The Bertz CT molecular complexity index is 1170. The number of para-hydroxylation sites is 2. The van der Waals surface area contributed by atoms with Gasteiger partial charge in [-0.2, -0.15) is 0 Å². The second-order valence-corrected chi connectivity index (χ2v) is 11.8. The molecule has 3 aromatic rings. The summed E-state index contributed by atoms with van der Waals surface area (Å²) in [4.78, 5) is 13.9. The van der Waals surface area contributed by atoms with Gasteiger partial charge < -0.3 is 27.2 Å². The number of anilines is 2. The van der Waals surface area contributed by atoms with Crippen molar-refractivity contribution in [3.05, 3.63) is 99.8 Å². The summed E-state index contributed by atoms with van der Waals surface area (Å²) in [5.41, 5.74) is 9.97. The van der Waals surface area contributed by atoms with Gasteiger partial charge >= 0.3 is 0 Å². The number of amides is 1. The van der Waals surface area contributed by atoms with Crippen molar-refractivity contribution in [1.82, 2.24) is 10.7 Å². The van der Waals surface area contributed by atoms with E-state index in [2.05, 4.69) is 94.5 Å². The molecule has 0 aromatic heterocycles. The Morgan fingerprint density at radius 2 is 1.34 bits per heavy atom. The number of rotatable bonds is 14. The number of nitrogens with one attached hydrogen (secondary N) is 2. The highest BCUT2D eigenvalue weighted by atomic mass is 79.9. The van der Waals surface area contributed by atoms with E-state index >= 15 is 0 Å². The standard InChI is InChI=1S/C31H38N4OS2.C2H6.BrH/c1-33-20-12-22-38-31(37-21-11-3-6-19-29(36)34-32)30-25-15-7-9-17-27(25)35(23-24-13-4-2-5-14-24)28-18-10-8-16-26(28)30;1-2;/h2,4-5,7-10,13-18,33H,3,6,11-12,19-23,32H2,1H3,(H,34,36);1-2H3;1H/p-1. The lowest BCUT2D eigenvalue weighted by Gasteiger charge is -2.35. The molecule has 0 fully saturated rings. The average molecular weight is 657 g/mol. The van der Waals surface area contributed by atoms with Crippen LogP contribution >= 0.6 is 23.5 Å². The number of nitrogens with two attached hydrogens (primary N) is 1. The number of hydrogen-bond donors (Lipinski definition) is 3. The molecule has 0 aliphatic carbocycles. The number of unbranched alkanes of at least 4 members (excludes halogenated alkanes) is 2. The number of hydrogen-bond acceptors (Lipinski definition) is 6. The molecule has 0 bridgehead atoms. The van der Waals surface area contributed by atoms with Crippen LogP contribution in [0.1, 0.15) is 62.6 Å². The van der Waals surface area contributed by atoms with Crippen molar-refractivity contribution >= 4 is 46.4 Å².